The lowest BCUT2D eigenvalue weighted by Crippen LogP contribution is -2.11. The summed E-state index contributed by atoms with van der Waals surface area (Å²) in [5, 5.41) is 6.36. The van der Waals surface area contributed by atoms with E-state index >= 15 is 0 Å². The van der Waals surface area contributed by atoms with Gasteiger partial charge in [-0.3, -0.25) is 0 Å². The van der Waals surface area contributed by atoms with Crippen LogP contribution in [0.15, 0.2) is 41.1 Å². The second kappa shape index (κ2) is 5.66. The molecule has 0 aliphatic carbocycles. The van der Waals surface area contributed by atoms with Crippen LogP contribution in [-0.4, -0.2) is 5.16 Å². The van der Waals surface area contributed by atoms with Crippen LogP contribution in [0.3, 0.4) is 0 Å². The molecule has 0 bridgehead atoms. The van der Waals surface area contributed by atoms with Crippen LogP contribution in [-0.2, 0) is 12.4 Å². The van der Waals surface area contributed by atoms with Gasteiger partial charge in [-0.25, -0.2) is 0 Å². The molecule has 9 heteroatoms. The van der Waals surface area contributed by atoms with Gasteiger partial charge in [0.15, 0.2) is 0 Å². The molecule has 1 radical (unpaired) electrons. The number of alkyl halides is 6. The molecular weight excluding hydrogens is 356 g/mol. The van der Waals surface area contributed by atoms with E-state index in [4.69, 9.17) is 0 Å². The number of hydrogen-bond acceptors (Lipinski definition) is 3. The van der Waals surface area contributed by atoms with Gasteiger partial charge in [-0.1, -0.05) is 5.16 Å². The predicted molar refractivity (Wildman–Crippen MR) is 74.1 cm³/mol. The normalized spacial score (nSPS) is 12.6. The molecule has 0 atom stereocenters. The van der Waals surface area contributed by atoms with E-state index in [-0.39, 0.29) is 17.2 Å². The van der Waals surface area contributed by atoms with Gasteiger partial charge in [0.2, 0.25) is 0 Å². The molecule has 0 fully saturated rings. The van der Waals surface area contributed by atoms with E-state index in [1.54, 1.807) is 0 Å². The molecule has 3 aromatic rings. The molecule has 2 aromatic heterocycles. The summed E-state index contributed by atoms with van der Waals surface area (Å²) in [6.07, 6.45) is -8.47. The molecule has 0 spiro atoms. The van der Waals surface area contributed by atoms with Crippen molar-refractivity contribution in [1.29, 1.82) is 0 Å². The highest BCUT2D eigenvalue weighted by Crippen LogP contribution is 2.40. The summed E-state index contributed by atoms with van der Waals surface area (Å²) >= 11 is 1.02. The molecule has 3 rings (SSSR count). The quantitative estimate of drug-likeness (QED) is 0.530. The summed E-state index contributed by atoms with van der Waals surface area (Å²) in [6.45, 7) is 0. The molecule has 0 amide bonds. The lowest BCUT2D eigenvalue weighted by atomic mass is 10.0. The van der Waals surface area contributed by atoms with Crippen LogP contribution in [0.5, 0.6) is 0 Å². The maximum atomic E-state index is 12.9. The number of hydrogen-bond donors (Lipinski definition) is 0. The molecule has 0 unspecified atom stereocenters. The first-order valence-corrected chi connectivity index (χ1v) is 7.18. The maximum absolute atomic E-state index is 12.9. The summed E-state index contributed by atoms with van der Waals surface area (Å²) < 4.78 is 82.0. The van der Waals surface area contributed by atoms with Crippen LogP contribution >= 0.6 is 11.3 Å². The molecule has 0 N–H and O–H groups in total. The predicted octanol–water partition coefficient (Wildman–Crippen LogP) is 5.91. The molecule has 24 heavy (non-hydrogen) atoms. The van der Waals surface area contributed by atoms with Crippen molar-refractivity contribution in [1.82, 2.24) is 5.16 Å². The summed E-state index contributed by atoms with van der Waals surface area (Å²) in [5.41, 5.74) is -2.41. The van der Waals surface area contributed by atoms with Crippen molar-refractivity contribution in [2.24, 2.45) is 0 Å². The number of benzene rings is 1. The molecule has 0 saturated heterocycles. The molecule has 0 aliphatic rings. The standard InChI is InChI=1S/C15H6F6NOS/c16-14(17,18)10-3-8(4-11(6-10)15(19,20)21)9-5-13(24-7-9)12-1-2-23-22-12/h1-6H. The van der Waals surface area contributed by atoms with Crippen LogP contribution in [0.2, 0.25) is 0 Å². The monoisotopic (exact) mass is 362 g/mol. The van der Waals surface area contributed by atoms with Gasteiger partial charge in [-0.15, -0.1) is 11.3 Å². The Morgan fingerprint density at radius 2 is 1.54 bits per heavy atom. The van der Waals surface area contributed by atoms with Gasteiger partial charge in [0, 0.05) is 11.6 Å². The van der Waals surface area contributed by atoms with Crippen molar-refractivity contribution in [2.45, 2.75) is 12.4 Å². The fourth-order valence-electron chi connectivity index (χ4n) is 2.02. The van der Waals surface area contributed by atoms with Gasteiger partial charge in [0.1, 0.15) is 12.0 Å². The van der Waals surface area contributed by atoms with Crippen molar-refractivity contribution in [3.8, 4) is 21.7 Å². The molecule has 2 heterocycles. The minimum atomic E-state index is -4.89. The Morgan fingerprint density at radius 3 is 2.04 bits per heavy atom. The molecule has 0 aliphatic heterocycles. The highest BCUT2D eigenvalue weighted by atomic mass is 32.1. The van der Waals surface area contributed by atoms with Crippen LogP contribution in [0.1, 0.15) is 11.1 Å². The zero-order valence-electron chi connectivity index (χ0n) is 11.5. The van der Waals surface area contributed by atoms with Crippen LogP contribution in [0, 0.1) is 5.38 Å². The fourth-order valence-corrected chi connectivity index (χ4v) is 2.80. The molecule has 1 aromatic carbocycles. The van der Waals surface area contributed by atoms with Gasteiger partial charge in [0.25, 0.3) is 0 Å². The topological polar surface area (TPSA) is 26.0 Å². The molecule has 125 valence electrons. The van der Waals surface area contributed by atoms with Gasteiger partial charge in [0.05, 0.1) is 21.4 Å². The second-order valence-electron chi connectivity index (χ2n) is 4.81. The molecule has 2 nitrogen and oxygen atoms in total. The summed E-state index contributed by atoms with van der Waals surface area (Å²) in [5.74, 6) is 0. The Morgan fingerprint density at radius 1 is 0.917 bits per heavy atom. The van der Waals surface area contributed by atoms with Crippen molar-refractivity contribution in [3.05, 3.63) is 53.1 Å². The summed E-state index contributed by atoms with van der Waals surface area (Å²) in [6, 6.07) is 4.37. The summed E-state index contributed by atoms with van der Waals surface area (Å²) in [4.78, 5) is 0.518. The van der Waals surface area contributed by atoms with E-state index < -0.39 is 23.5 Å². The van der Waals surface area contributed by atoms with E-state index in [9.17, 15) is 26.3 Å². The largest absolute Gasteiger partial charge is 0.416 e. The molecule has 0 saturated carbocycles. The third-order valence-corrected chi connectivity index (χ3v) is 4.00. The fraction of sp³-hybridized carbons (Fsp3) is 0.133. The Kier molecular flexibility index (Phi) is 3.90. The third-order valence-electron chi connectivity index (χ3n) is 3.14. The third kappa shape index (κ3) is 3.30. The van der Waals surface area contributed by atoms with Gasteiger partial charge in [-0.2, -0.15) is 26.3 Å². The second-order valence-corrected chi connectivity index (χ2v) is 5.65. The van der Waals surface area contributed by atoms with E-state index in [1.807, 2.05) is 0 Å². The van der Waals surface area contributed by atoms with Crippen LogP contribution in [0.4, 0.5) is 26.3 Å². The van der Waals surface area contributed by atoms with Crippen LogP contribution < -0.4 is 0 Å². The van der Waals surface area contributed by atoms with E-state index in [0.717, 1.165) is 11.3 Å². The van der Waals surface area contributed by atoms with Crippen molar-refractivity contribution in [2.75, 3.05) is 0 Å². The number of halogens is 6. The van der Waals surface area contributed by atoms with E-state index in [0.29, 0.717) is 22.7 Å². The Balaban J connectivity index is 2.10. The first kappa shape index (κ1) is 16.6. The highest BCUT2D eigenvalue weighted by Gasteiger charge is 2.37. The minimum absolute atomic E-state index is 0.0917. The van der Waals surface area contributed by atoms with Gasteiger partial charge in [-0.05, 0) is 29.8 Å². The van der Waals surface area contributed by atoms with Crippen LogP contribution in [0.25, 0.3) is 21.7 Å². The number of thiophene rings is 1. The molecular formula is C15H6F6NOS. The Labute approximate surface area is 135 Å². The van der Waals surface area contributed by atoms with Crippen molar-refractivity contribution >= 4 is 11.3 Å². The highest BCUT2D eigenvalue weighted by molar-refractivity contribution is 7.13. The van der Waals surface area contributed by atoms with Crippen molar-refractivity contribution < 1.29 is 30.9 Å². The lowest BCUT2D eigenvalue weighted by molar-refractivity contribution is -0.143. The zero-order chi connectivity index (χ0) is 17.5. The van der Waals surface area contributed by atoms with E-state index in [1.165, 1.54) is 18.4 Å². The van der Waals surface area contributed by atoms with Gasteiger partial charge < -0.3 is 4.52 Å². The van der Waals surface area contributed by atoms with Crippen molar-refractivity contribution in [3.63, 3.8) is 0 Å². The zero-order valence-corrected chi connectivity index (χ0v) is 12.3. The number of aromatic nitrogens is 1. The minimum Gasteiger partial charge on any atom is -0.364 e. The lowest BCUT2D eigenvalue weighted by Gasteiger charge is -2.13. The summed E-state index contributed by atoms with van der Waals surface area (Å²) in [7, 11) is 0. The van der Waals surface area contributed by atoms with E-state index in [2.05, 4.69) is 15.1 Å². The number of nitrogens with zero attached hydrogens (tertiary/aromatic N) is 1. The Bertz CT molecular complexity index is 815. The SMILES string of the molecule is FC(F)(F)c1cc(-c2[c]sc(-c3ccon3)c2)cc(C(F)(F)F)c1. The average molecular weight is 362 g/mol. The first-order valence-electron chi connectivity index (χ1n) is 6.37. The number of rotatable bonds is 2. The first-order chi connectivity index (χ1) is 11.1. The maximum Gasteiger partial charge on any atom is 0.416 e. The van der Waals surface area contributed by atoms with Gasteiger partial charge >= 0.3 is 12.4 Å². The Hall–Kier alpha value is -2.29. The average Bonchev–Trinajstić information content (AvgIpc) is 3.16. The smallest absolute Gasteiger partial charge is 0.364 e.